The molecule has 0 aliphatic carbocycles. The number of hydrogen-bond acceptors (Lipinski definition) is 3. The highest BCUT2D eigenvalue weighted by Gasteiger charge is 2.27. The molecule has 0 aromatic carbocycles. The molecular weight excluding hydrogens is 294 g/mol. The van der Waals surface area contributed by atoms with Crippen molar-refractivity contribution in [1.29, 1.82) is 0 Å². The van der Waals surface area contributed by atoms with Gasteiger partial charge in [-0.2, -0.15) is 0 Å². The summed E-state index contributed by atoms with van der Waals surface area (Å²) in [4.78, 5) is 23.0. The molecule has 0 radical (unpaired) electrons. The zero-order chi connectivity index (χ0) is 18.3. The van der Waals surface area contributed by atoms with Crippen molar-refractivity contribution in [3.63, 3.8) is 0 Å². The van der Waals surface area contributed by atoms with Crippen molar-refractivity contribution >= 4 is 12.1 Å². The fraction of sp³-hybridized carbons (Fsp3) is 0.778. The van der Waals surface area contributed by atoms with Gasteiger partial charge in [0, 0.05) is 0 Å². The summed E-state index contributed by atoms with van der Waals surface area (Å²) in [5, 5.41) is 11.7. The highest BCUT2D eigenvalue weighted by Crippen LogP contribution is 2.34. The Morgan fingerprint density at radius 2 is 1.83 bits per heavy atom. The van der Waals surface area contributed by atoms with Gasteiger partial charge in [-0.05, 0) is 51.4 Å². The van der Waals surface area contributed by atoms with Gasteiger partial charge < -0.3 is 15.2 Å². The van der Waals surface area contributed by atoms with Crippen LogP contribution < -0.4 is 5.32 Å². The molecule has 0 bridgehead atoms. The molecule has 0 rings (SSSR count). The van der Waals surface area contributed by atoms with Crippen LogP contribution in [0.15, 0.2) is 12.7 Å². The van der Waals surface area contributed by atoms with Crippen molar-refractivity contribution in [2.24, 2.45) is 11.3 Å². The number of aliphatic carboxylic acids is 1. The number of hydrogen-bond donors (Lipinski definition) is 2. The number of carbonyl (C=O) groups excluding carboxylic acids is 1. The van der Waals surface area contributed by atoms with Gasteiger partial charge in [-0.3, -0.25) is 0 Å². The molecule has 5 nitrogen and oxygen atoms in total. The Hall–Kier alpha value is -1.52. The molecule has 0 saturated heterocycles. The zero-order valence-corrected chi connectivity index (χ0v) is 15.4. The van der Waals surface area contributed by atoms with Gasteiger partial charge in [-0.25, -0.2) is 9.59 Å². The predicted octanol–water partition coefficient (Wildman–Crippen LogP) is 4.37. The lowest BCUT2D eigenvalue weighted by Crippen LogP contribution is -2.43. The van der Waals surface area contributed by atoms with E-state index in [4.69, 9.17) is 4.74 Å². The van der Waals surface area contributed by atoms with Crippen LogP contribution in [-0.4, -0.2) is 28.8 Å². The minimum Gasteiger partial charge on any atom is -0.480 e. The largest absolute Gasteiger partial charge is 0.480 e. The van der Waals surface area contributed by atoms with Crippen LogP contribution in [0, 0.1) is 11.3 Å². The van der Waals surface area contributed by atoms with Crippen LogP contribution in [0.2, 0.25) is 0 Å². The molecule has 2 unspecified atom stereocenters. The van der Waals surface area contributed by atoms with Gasteiger partial charge in [0.1, 0.15) is 11.6 Å². The summed E-state index contributed by atoms with van der Waals surface area (Å²) in [5.74, 6) is -0.560. The van der Waals surface area contributed by atoms with Crippen molar-refractivity contribution in [2.45, 2.75) is 78.9 Å². The van der Waals surface area contributed by atoms with E-state index in [9.17, 15) is 14.7 Å². The second-order valence-electron chi connectivity index (χ2n) is 7.84. The third-order valence-corrected chi connectivity index (χ3v) is 4.16. The Balaban J connectivity index is 4.48. The van der Waals surface area contributed by atoms with Crippen molar-refractivity contribution in [1.82, 2.24) is 5.32 Å². The second-order valence-corrected chi connectivity index (χ2v) is 7.84. The fourth-order valence-corrected chi connectivity index (χ4v) is 2.28. The fourth-order valence-electron chi connectivity index (χ4n) is 2.28. The van der Waals surface area contributed by atoms with Crippen molar-refractivity contribution < 1.29 is 19.4 Å². The molecule has 5 heteroatoms. The summed E-state index contributed by atoms with van der Waals surface area (Å²) in [6.07, 6.45) is 4.16. The SMILES string of the molecule is C=CCC(C)C(C)(C)CCCC(NC(=O)OC(C)(C)C)C(=O)O. The number of rotatable bonds is 9. The topological polar surface area (TPSA) is 75.6 Å². The minimum absolute atomic E-state index is 0.100. The number of carbonyl (C=O) groups is 2. The Morgan fingerprint density at radius 3 is 2.26 bits per heavy atom. The van der Waals surface area contributed by atoms with E-state index in [0.717, 1.165) is 19.3 Å². The quantitative estimate of drug-likeness (QED) is 0.616. The van der Waals surface area contributed by atoms with Crippen molar-refractivity contribution in [2.75, 3.05) is 0 Å². The minimum atomic E-state index is -1.03. The second kappa shape index (κ2) is 8.94. The first-order valence-electron chi connectivity index (χ1n) is 8.22. The van der Waals surface area contributed by atoms with Crippen molar-refractivity contribution in [3.8, 4) is 0 Å². The van der Waals surface area contributed by atoms with Gasteiger partial charge in [0.05, 0.1) is 0 Å². The summed E-state index contributed by atoms with van der Waals surface area (Å²) < 4.78 is 5.11. The molecule has 0 fully saturated rings. The summed E-state index contributed by atoms with van der Waals surface area (Å²) in [5.41, 5.74) is -0.543. The van der Waals surface area contributed by atoms with Gasteiger partial charge in [-0.15, -0.1) is 6.58 Å². The Kier molecular flexibility index (Phi) is 8.35. The monoisotopic (exact) mass is 327 g/mol. The summed E-state index contributed by atoms with van der Waals surface area (Å²) >= 11 is 0. The maximum Gasteiger partial charge on any atom is 0.408 e. The lowest BCUT2D eigenvalue weighted by atomic mass is 9.74. The molecule has 2 atom stereocenters. The third kappa shape index (κ3) is 9.26. The normalized spacial score (nSPS) is 14.7. The molecule has 134 valence electrons. The van der Waals surface area contributed by atoms with Crippen LogP contribution in [0.4, 0.5) is 4.79 Å². The summed E-state index contributed by atoms with van der Waals surface area (Å²) in [6, 6.07) is -0.921. The average Bonchev–Trinajstić information content (AvgIpc) is 2.35. The van der Waals surface area contributed by atoms with Crippen LogP contribution in [0.1, 0.15) is 67.2 Å². The standard InChI is InChI=1S/C18H33NO4/c1-8-10-13(2)18(6,7)12-9-11-14(15(20)21)19-16(22)23-17(3,4)5/h8,13-14H,1,9-12H2,2-7H3,(H,19,22)(H,20,21). The molecule has 1 amide bonds. The Bertz CT molecular complexity index is 410. The average molecular weight is 327 g/mol. The number of nitrogens with one attached hydrogen (secondary N) is 1. The first-order chi connectivity index (χ1) is 10.4. The van der Waals surface area contributed by atoms with Gasteiger partial charge in [-0.1, -0.05) is 33.3 Å². The molecule has 0 aliphatic heterocycles. The first-order valence-corrected chi connectivity index (χ1v) is 8.22. The van der Waals surface area contributed by atoms with Crippen LogP contribution in [0.3, 0.4) is 0 Å². The van der Waals surface area contributed by atoms with E-state index in [1.807, 2.05) is 6.08 Å². The van der Waals surface area contributed by atoms with E-state index in [1.54, 1.807) is 20.8 Å². The predicted molar refractivity (Wildman–Crippen MR) is 92.4 cm³/mol. The smallest absolute Gasteiger partial charge is 0.408 e. The maximum absolute atomic E-state index is 11.7. The van der Waals surface area contributed by atoms with E-state index in [2.05, 4.69) is 32.7 Å². The molecule has 0 spiro atoms. The van der Waals surface area contributed by atoms with Crippen LogP contribution >= 0.6 is 0 Å². The summed E-state index contributed by atoms with van der Waals surface area (Å²) in [7, 11) is 0. The van der Waals surface area contributed by atoms with E-state index in [0.29, 0.717) is 12.3 Å². The third-order valence-electron chi connectivity index (χ3n) is 4.16. The summed E-state index contributed by atoms with van der Waals surface area (Å²) in [6.45, 7) is 15.5. The number of amides is 1. The Morgan fingerprint density at radius 1 is 1.26 bits per heavy atom. The molecule has 2 N–H and O–H groups in total. The lowest BCUT2D eigenvalue weighted by molar-refractivity contribution is -0.139. The van der Waals surface area contributed by atoms with Gasteiger partial charge in [0.15, 0.2) is 0 Å². The number of allylic oxidation sites excluding steroid dienone is 1. The molecule has 0 aromatic rings. The zero-order valence-electron chi connectivity index (χ0n) is 15.4. The van der Waals surface area contributed by atoms with E-state index in [-0.39, 0.29) is 5.41 Å². The van der Waals surface area contributed by atoms with Gasteiger partial charge in [0.25, 0.3) is 0 Å². The molecule has 0 aromatic heterocycles. The van der Waals surface area contributed by atoms with Crippen molar-refractivity contribution in [3.05, 3.63) is 12.7 Å². The van der Waals surface area contributed by atoms with Crippen LogP contribution in [-0.2, 0) is 9.53 Å². The molecule has 23 heavy (non-hydrogen) atoms. The van der Waals surface area contributed by atoms with E-state index >= 15 is 0 Å². The maximum atomic E-state index is 11.7. The number of alkyl carbamates (subject to hydrolysis) is 1. The highest BCUT2D eigenvalue weighted by molar-refractivity contribution is 5.79. The number of carboxylic acid groups (broad SMARTS) is 1. The molecule has 0 heterocycles. The lowest BCUT2D eigenvalue weighted by Gasteiger charge is -2.31. The van der Waals surface area contributed by atoms with Crippen LogP contribution in [0.25, 0.3) is 0 Å². The number of ether oxygens (including phenoxy) is 1. The van der Waals surface area contributed by atoms with Crippen LogP contribution in [0.5, 0.6) is 0 Å². The Labute approximate surface area is 140 Å². The highest BCUT2D eigenvalue weighted by atomic mass is 16.6. The van der Waals surface area contributed by atoms with Gasteiger partial charge >= 0.3 is 12.1 Å². The molecule has 0 aliphatic rings. The van der Waals surface area contributed by atoms with E-state index < -0.39 is 23.7 Å². The van der Waals surface area contributed by atoms with E-state index in [1.165, 1.54) is 0 Å². The first kappa shape index (κ1) is 21.5. The molecular formula is C18H33NO4. The van der Waals surface area contributed by atoms with Gasteiger partial charge in [0.2, 0.25) is 0 Å². The molecule has 0 saturated carbocycles. The number of carboxylic acids is 1.